The average molecular weight is 354 g/mol. The lowest BCUT2D eigenvalue weighted by molar-refractivity contribution is -0.286. The summed E-state index contributed by atoms with van der Waals surface area (Å²) in [5, 5.41) is 9.84. The van der Waals surface area contributed by atoms with Crippen LogP contribution in [-0.2, 0) is 6.54 Å². The van der Waals surface area contributed by atoms with E-state index in [2.05, 4.69) is 19.3 Å². The minimum atomic E-state index is -3.56. The maximum absolute atomic E-state index is 13.1. The summed E-state index contributed by atoms with van der Waals surface area (Å²) in [7, 11) is 0. The summed E-state index contributed by atoms with van der Waals surface area (Å²) in [6, 6.07) is 5.55. The largest absolute Gasteiger partial charge is 0.586 e. The summed E-state index contributed by atoms with van der Waals surface area (Å²) in [5.41, 5.74) is 0.951. The second-order valence-corrected chi connectivity index (χ2v) is 7.25. The molecule has 3 aliphatic rings. The minimum Gasteiger partial charge on any atom is -0.395 e. The van der Waals surface area contributed by atoms with Crippen LogP contribution in [0.3, 0.4) is 0 Å². The zero-order valence-corrected chi connectivity index (χ0v) is 14.2. The fourth-order valence-electron chi connectivity index (χ4n) is 4.11. The number of fused-ring (bicyclic) bond motifs is 1. The molecule has 3 aliphatic heterocycles. The molecule has 2 saturated heterocycles. The Balaban J connectivity index is 1.31. The maximum Gasteiger partial charge on any atom is 0.586 e. The molecule has 7 heteroatoms. The SMILES string of the molecule is O[C@@H]1CCCN(C2CCN(Cc3ccc4c(c3)OC(F)(F)O4)CC2)C1. The number of nitrogens with zero attached hydrogens (tertiary/aromatic N) is 2. The van der Waals surface area contributed by atoms with Gasteiger partial charge < -0.3 is 14.6 Å². The normalized spacial score (nSPS) is 27.6. The van der Waals surface area contributed by atoms with E-state index < -0.39 is 6.29 Å². The molecule has 0 aromatic heterocycles. The summed E-state index contributed by atoms with van der Waals surface area (Å²) >= 11 is 0. The van der Waals surface area contributed by atoms with Gasteiger partial charge in [0.05, 0.1) is 6.10 Å². The lowest BCUT2D eigenvalue weighted by Gasteiger charge is -2.41. The second kappa shape index (κ2) is 6.70. The highest BCUT2D eigenvalue weighted by molar-refractivity contribution is 5.45. The van der Waals surface area contributed by atoms with Crippen molar-refractivity contribution in [2.45, 2.75) is 50.7 Å². The molecule has 25 heavy (non-hydrogen) atoms. The van der Waals surface area contributed by atoms with Gasteiger partial charge in [0.1, 0.15) is 0 Å². The summed E-state index contributed by atoms with van der Waals surface area (Å²) in [5.74, 6) is 0.204. The zero-order chi connectivity index (χ0) is 17.4. The van der Waals surface area contributed by atoms with Gasteiger partial charge in [0.2, 0.25) is 0 Å². The molecule has 3 heterocycles. The van der Waals surface area contributed by atoms with Gasteiger partial charge in [-0.15, -0.1) is 8.78 Å². The topological polar surface area (TPSA) is 45.2 Å². The molecule has 0 radical (unpaired) electrons. The van der Waals surface area contributed by atoms with E-state index in [0.717, 1.165) is 64.0 Å². The van der Waals surface area contributed by atoms with Crippen LogP contribution in [0.4, 0.5) is 8.78 Å². The van der Waals surface area contributed by atoms with Crippen molar-refractivity contribution in [3.8, 4) is 11.5 Å². The van der Waals surface area contributed by atoms with Gasteiger partial charge >= 0.3 is 6.29 Å². The fraction of sp³-hybridized carbons (Fsp3) is 0.667. The molecule has 1 atom stereocenters. The van der Waals surface area contributed by atoms with Crippen LogP contribution < -0.4 is 9.47 Å². The van der Waals surface area contributed by atoms with E-state index >= 15 is 0 Å². The minimum absolute atomic E-state index is 0.0936. The van der Waals surface area contributed by atoms with Crippen LogP contribution in [0.2, 0.25) is 0 Å². The maximum atomic E-state index is 13.1. The Morgan fingerprint density at radius 1 is 1.08 bits per heavy atom. The molecule has 2 fully saturated rings. The number of ether oxygens (including phenoxy) is 2. The van der Waals surface area contributed by atoms with Crippen LogP contribution in [0.15, 0.2) is 18.2 Å². The Morgan fingerprint density at radius 3 is 2.60 bits per heavy atom. The Hall–Kier alpha value is -1.44. The fourth-order valence-corrected chi connectivity index (χ4v) is 4.11. The van der Waals surface area contributed by atoms with Gasteiger partial charge in [0.25, 0.3) is 0 Å². The van der Waals surface area contributed by atoms with Crippen LogP contribution in [0.5, 0.6) is 11.5 Å². The number of halogens is 2. The van der Waals surface area contributed by atoms with Gasteiger partial charge in [-0.05, 0) is 63.0 Å². The first-order valence-corrected chi connectivity index (χ1v) is 9.02. The van der Waals surface area contributed by atoms with Crippen molar-refractivity contribution in [1.29, 1.82) is 0 Å². The monoisotopic (exact) mass is 354 g/mol. The summed E-state index contributed by atoms with van der Waals surface area (Å²) in [6.07, 6.45) is 0.406. The van der Waals surface area contributed by atoms with E-state index in [0.29, 0.717) is 6.04 Å². The van der Waals surface area contributed by atoms with E-state index in [1.165, 1.54) is 0 Å². The summed E-state index contributed by atoms with van der Waals surface area (Å²) in [6.45, 7) is 4.54. The highest BCUT2D eigenvalue weighted by atomic mass is 19.3. The molecule has 0 amide bonds. The first-order valence-electron chi connectivity index (χ1n) is 9.02. The number of hydrogen-bond acceptors (Lipinski definition) is 5. The molecular weight excluding hydrogens is 330 g/mol. The third kappa shape index (κ3) is 3.88. The Kier molecular flexibility index (Phi) is 4.56. The standard InChI is InChI=1S/C18H24F2N2O3/c19-18(20)24-16-4-3-13(10-17(16)25-18)11-21-8-5-14(6-9-21)22-7-1-2-15(23)12-22/h3-4,10,14-15,23H,1-2,5-9,11-12H2/t15-/m1/s1. The van der Waals surface area contributed by atoms with Gasteiger partial charge in [0.15, 0.2) is 11.5 Å². The Morgan fingerprint density at radius 2 is 1.84 bits per heavy atom. The smallest absolute Gasteiger partial charge is 0.395 e. The molecule has 138 valence electrons. The lowest BCUT2D eigenvalue weighted by atomic mass is 9.98. The summed E-state index contributed by atoms with van der Waals surface area (Å²) in [4.78, 5) is 4.76. The first kappa shape index (κ1) is 17.0. The number of rotatable bonds is 3. The summed E-state index contributed by atoms with van der Waals surface area (Å²) < 4.78 is 35.2. The molecular formula is C18H24F2N2O3. The van der Waals surface area contributed by atoms with Crippen LogP contribution in [0, 0.1) is 0 Å². The van der Waals surface area contributed by atoms with Gasteiger partial charge in [-0.3, -0.25) is 9.80 Å². The zero-order valence-electron chi connectivity index (χ0n) is 14.2. The van der Waals surface area contributed by atoms with E-state index in [1.807, 2.05) is 6.07 Å². The molecule has 1 N–H and O–H groups in total. The van der Waals surface area contributed by atoms with E-state index in [4.69, 9.17) is 0 Å². The van der Waals surface area contributed by atoms with Crippen molar-refractivity contribution < 1.29 is 23.4 Å². The molecule has 4 rings (SSSR count). The molecule has 0 aliphatic carbocycles. The predicted octanol–water partition coefficient (Wildman–Crippen LogP) is 2.43. The van der Waals surface area contributed by atoms with Crippen molar-refractivity contribution in [2.75, 3.05) is 26.2 Å². The van der Waals surface area contributed by atoms with Crippen LogP contribution in [0.1, 0.15) is 31.2 Å². The first-order chi connectivity index (χ1) is 12.0. The third-order valence-electron chi connectivity index (χ3n) is 5.37. The van der Waals surface area contributed by atoms with Gasteiger partial charge in [0, 0.05) is 19.1 Å². The quantitative estimate of drug-likeness (QED) is 0.903. The number of β-amino-alcohol motifs (C(OH)–C–C–N with tert-alkyl or cyclic N) is 1. The van der Waals surface area contributed by atoms with Gasteiger partial charge in [-0.2, -0.15) is 0 Å². The molecule has 0 unspecified atom stereocenters. The molecule has 1 aromatic carbocycles. The average Bonchev–Trinajstić information content (AvgIpc) is 2.89. The number of benzene rings is 1. The number of alkyl halides is 2. The Labute approximate surface area is 146 Å². The number of hydrogen-bond donors (Lipinski definition) is 1. The van der Waals surface area contributed by atoms with Crippen LogP contribution in [0.25, 0.3) is 0 Å². The molecule has 5 nitrogen and oxygen atoms in total. The highest BCUT2D eigenvalue weighted by Gasteiger charge is 2.43. The second-order valence-electron chi connectivity index (χ2n) is 7.25. The molecule has 0 bridgehead atoms. The number of piperidine rings is 2. The van der Waals surface area contributed by atoms with E-state index in [-0.39, 0.29) is 17.6 Å². The number of aliphatic hydroxyl groups excluding tert-OH is 1. The Bertz CT molecular complexity index is 620. The van der Waals surface area contributed by atoms with Crippen molar-refractivity contribution >= 4 is 0 Å². The van der Waals surface area contributed by atoms with Crippen molar-refractivity contribution in [2.24, 2.45) is 0 Å². The molecule has 1 aromatic rings. The third-order valence-corrected chi connectivity index (χ3v) is 5.37. The van der Waals surface area contributed by atoms with E-state index in [9.17, 15) is 13.9 Å². The van der Waals surface area contributed by atoms with Gasteiger partial charge in [-0.25, -0.2) is 0 Å². The predicted molar refractivity (Wildman–Crippen MR) is 87.8 cm³/mol. The molecule has 0 spiro atoms. The lowest BCUT2D eigenvalue weighted by Crippen LogP contribution is -2.49. The highest BCUT2D eigenvalue weighted by Crippen LogP contribution is 2.41. The number of aliphatic hydroxyl groups is 1. The van der Waals surface area contributed by atoms with Gasteiger partial charge in [-0.1, -0.05) is 6.07 Å². The van der Waals surface area contributed by atoms with Crippen molar-refractivity contribution in [3.63, 3.8) is 0 Å². The molecule has 0 saturated carbocycles. The van der Waals surface area contributed by atoms with E-state index in [1.54, 1.807) is 12.1 Å². The van der Waals surface area contributed by atoms with Crippen molar-refractivity contribution in [3.05, 3.63) is 23.8 Å². The van der Waals surface area contributed by atoms with Crippen LogP contribution in [-0.4, -0.2) is 59.5 Å². The van der Waals surface area contributed by atoms with Crippen LogP contribution >= 0.6 is 0 Å². The van der Waals surface area contributed by atoms with Crippen molar-refractivity contribution in [1.82, 2.24) is 9.80 Å². The number of likely N-dealkylation sites (tertiary alicyclic amines) is 2.